The van der Waals surface area contributed by atoms with Gasteiger partial charge in [-0.15, -0.1) is 0 Å². The molecule has 5 rings (SSSR count). The van der Waals surface area contributed by atoms with Crippen molar-refractivity contribution in [3.05, 3.63) is 71.4 Å². The number of Topliss-reactive ketones (excluding diaryl/α,β-unsaturated/α-hetero) is 2. The highest BCUT2D eigenvalue weighted by molar-refractivity contribution is 6.02. The highest BCUT2D eigenvalue weighted by Crippen LogP contribution is 2.34. The van der Waals surface area contributed by atoms with Crippen molar-refractivity contribution in [3.63, 3.8) is 0 Å². The van der Waals surface area contributed by atoms with Gasteiger partial charge in [0.05, 0.1) is 18.1 Å². The van der Waals surface area contributed by atoms with E-state index in [2.05, 4.69) is 4.98 Å². The van der Waals surface area contributed by atoms with Crippen LogP contribution >= 0.6 is 0 Å². The van der Waals surface area contributed by atoms with Gasteiger partial charge < -0.3 is 9.64 Å². The van der Waals surface area contributed by atoms with Crippen molar-refractivity contribution < 1.29 is 19.1 Å². The molecule has 0 bridgehead atoms. The molecule has 0 spiro atoms. The summed E-state index contributed by atoms with van der Waals surface area (Å²) < 4.78 is 6.10. The average Bonchev–Trinajstić information content (AvgIpc) is 3.03. The van der Waals surface area contributed by atoms with Gasteiger partial charge in [-0.1, -0.05) is 18.2 Å². The Morgan fingerprint density at radius 3 is 2.81 bits per heavy atom. The molecule has 1 atom stereocenters. The number of fused-ring (bicyclic) bond motifs is 2. The fourth-order valence-corrected chi connectivity index (χ4v) is 4.43. The number of hydrogen-bond donors (Lipinski definition) is 0. The number of ketones is 2. The zero-order valence-corrected chi connectivity index (χ0v) is 17.0. The normalized spacial score (nSPS) is 18.9. The highest BCUT2D eigenvalue weighted by Gasteiger charge is 2.38. The molecule has 1 aliphatic carbocycles. The van der Waals surface area contributed by atoms with Gasteiger partial charge in [0.25, 0.3) is 5.91 Å². The SMILES string of the molecule is O=C1CCC(=O)C(N2Cc3c(OCc4ccc5ncccc5c4)cccc3C2=O)CC1. The molecule has 3 aromatic rings. The van der Waals surface area contributed by atoms with E-state index in [1.54, 1.807) is 23.2 Å². The third-order valence-corrected chi connectivity index (χ3v) is 6.11. The van der Waals surface area contributed by atoms with E-state index in [4.69, 9.17) is 4.74 Å². The summed E-state index contributed by atoms with van der Waals surface area (Å²) in [6, 6.07) is 14.8. The van der Waals surface area contributed by atoms with Gasteiger partial charge in [-0.3, -0.25) is 19.4 Å². The van der Waals surface area contributed by atoms with Crippen molar-refractivity contribution in [3.8, 4) is 5.75 Å². The predicted octanol–water partition coefficient (Wildman–Crippen LogP) is 3.85. The minimum Gasteiger partial charge on any atom is -0.489 e. The van der Waals surface area contributed by atoms with Crippen LogP contribution in [0.5, 0.6) is 5.75 Å². The molecule has 2 heterocycles. The molecule has 6 nitrogen and oxygen atoms in total. The monoisotopic (exact) mass is 414 g/mol. The molecule has 2 aliphatic rings. The largest absolute Gasteiger partial charge is 0.489 e. The summed E-state index contributed by atoms with van der Waals surface area (Å²) in [6.45, 7) is 0.697. The minimum atomic E-state index is -0.535. The van der Waals surface area contributed by atoms with Crippen molar-refractivity contribution in [1.29, 1.82) is 0 Å². The zero-order valence-electron chi connectivity index (χ0n) is 17.0. The second-order valence-electron chi connectivity index (χ2n) is 8.09. The lowest BCUT2D eigenvalue weighted by Crippen LogP contribution is -2.40. The minimum absolute atomic E-state index is 0.0285. The van der Waals surface area contributed by atoms with Crippen molar-refractivity contribution in [1.82, 2.24) is 9.88 Å². The van der Waals surface area contributed by atoms with Gasteiger partial charge >= 0.3 is 0 Å². The van der Waals surface area contributed by atoms with Crippen LogP contribution in [0.4, 0.5) is 0 Å². The summed E-state index contributed by atoms with van der Waals surface area (Å²) in [4.78, 5) is 43.3. The van der Waals surface area contributed by atoms with Gasteiger partial charge in [0.15, 0.2) is 5.78 Å². The van der Waals surface area contributed by atoms with Gasteiger partial charge in [0.2, 0.25) is 0 Å². The van der Waals surface area contributed by atoms with Crippen molar-refractivity contribution in [2.45, 2.75) is 44.9 Å². The van der Waals surface area contributed by atoms with Crippen LogP contribution in [0.2, 0.25) is 0 Å². The maximum absolute atomic E-state index is 13.0. The maximum Gasteiger partial charge on any atom is 0.255 e. The van der Waals surface area contributed by atoms with Crippen LogP contribution in [0.3, 0.4) is 0 Å². The van der Waals surface area contributed by atoms with Crippen LogP contribution in [0.1, 0.15) is 47.2 Å². The summed E-state index contributed by atoms with van der Waals surface area (Å²) >= 11 is 0. The molecular weight excluding hydrogens is 392 g/mol. The Morgan fingerprint density at radius 1 is 1.00 bits per heavy atom. The Balaban J connectivity index is 1.36. The molecule has 2 aromatic carbocycles. The predicted molar refractivity (Wildman–Crippen MR) is 115 cm³/mol. The first-order valence-electron chi connectivity index (χ1n) is 10.5. The topological polar surface area (TPSA) is 76.6 Å². The van der Waals surface area contributed by atoms with Gasteiger partial charge in [-0.05, 0) is 42.3 Å². The Labute approximate surface area is 179 Å². The molecule has 0 N–H and O–H groups in total. The van der Waals surface area contributed by atoms with Crippen molar-refractivity contribution in [2.75, 3.05) is 0 Å². The van der Waals surface area contributed by atoms with E-state index in [1.165, 1.54) is 0 Å². The number of nitrogens with zero attached hydrogens (tertiary/aromatic N) is 2. The van der Waals surface area contributed by atoms with Crippen molar-refractivity contribution >= 4 is 28.4 Å². The van der Waals surface area contributed by atoms with Gasteiger partial charge in [-0.25, -0.2) is 0 Å². The molecule has 1 amide bonds. The third-order valence-electron chi connectivity index (χ3n) is 6.11. The van der Waals surface area contributed by atoms with Gasteiger partial charge in [0, 0.05) is 42.0 Å². The molecule has 1 aliphatic heterocycles. The van der Waals surface area contributed by atoms with Crippen LogP contribution in [-0.4, -0.2) is 33.4 Å². The van der Waals surface area contributed by atoms with Crippen LogP contribution in [0.15, 0.2) is 54.7 Å². The van der Waals surface area contributed by atoms with Gasteiger partial charge in [0.1, 0.15) is 18.1 Å². The molecule has 156 valence electrons. The number of carbonyl (C=O) groups excluding carboxylic acids is 3. The fourth-order valence-electron chi connectivity index (χ4n) is 4.43. The van der Waals surface area contributed by atoms with Crippen LogP contribution < -0.4 is 4.74 Å². The maximum atomic E-state index is 13.0. The Hall–Kier alpha value is -3.54. The number of benzene rings is 2. The van der Waals surface area contributed by atoms with E-state index < -0.39 is 6.04 Å². The summed E-state index contributed by atoms with van der Waals surface area (Å²) in [5.74, 6) is 0.551. The van der Waals surface area contributed by atoms with Gasteiger partial charge in [-0.2, -0.15) is 0 Å². The van der Waals surface area contributed by atoms with E-state index in [0.29, 0.717) is 37.3 Å². The van der Waals surface area contributed by atoms with E-state index in [0.717, 1.165) is 22.0 Å². The van der Waals surface area contributed by atoms with Crippen molar-refractivity contribution in [2.24, 2.45) is 0 Å². The zero-order chi connectivity index (χ0) is 21.4. The summed E-state index contributed by atoms with van der Waals surface area (Å²) in [5.41, 5.74) is 3.32. The Morgan fingerprint density at radius 2 is 1.90 bits per heavy atom. The number of hydrogen-bond acceptors (Lipinski definition) is 5. The third kappa shape index (κ3) is 3.69. The number of ether oxygens (including phenoxy) is 1. The molecule has 1 unspecified atom stereocenters. The molecule has 6 heteroatoms. The lowest BCUT2D eigenvalue weighted by atomic mass is 10.1. The quantitative estimate of drug-likeness (QED) is 0.606. The lowest BCUT2D eigenvalue weighted by molar-refractivity contribution is -0.124. The molecule has 1 fully saturated rings. The molecule has 1 aromatic heterocycles. The average molecular weight is 414 g/mol. The Bertz CT molecular complexity index is 1200. The first kappa shape index (κ1) is 19.4. The molecule has 0 saturated heterocycles. The highest BCUT2D eigenvalue weighted by atomic mass is 16.5. The van der Waals surface area contributed by atoms with Crippen LogP contribution in [-0.2, 0) is 22.7 Å². The number of rotatable bonds is 4. The summed E-state index contributed by atoms with van der Waals surface area (Å²) in [7, 11) is 0. The number of amides is 1. The first-order valence-corrected chi connectivity index (χ1v) is 10.5. The molecule has 31 heavy (non-hydrogen) atoms. The van der Waals surface area contributed by atoms with E-state index in [-0.39, 0.29) is 30.3 Å². The van der Waals surface area contributed by atoms with Crippen LogP contribution in [0.25, 0.3) is 10.9 Å². The molecule has 0 radical (unpaired) electrons. The smallest absolute Gasteiger partial charge is 0.255 e. The van der Waals surface area contributed by atoms with E-state index in [1.807, 2.05) is 36.4 Å². The standard InChI is InChI=1S/C25H22N2O4/c28-18-7-10-22(23(29)11-8-18)27-14-20-19(25(27)30)4-1-5-24(20)31-15-16-6-9-21-17(13-16)3-2-12-26-21/h1-6,9,12-13,22H,7-8,10-11,14-15H2. The molecular formula is C25H22N2O4. The summed E-state index contributed by atoms with van der Waals surface area (Å²) in [5, 5.41) is 1.05. The number of aromatic nitrogens is 1. The van der Waals surface area contributed by atoms with E-state index >= 15 is 0 Å². The first-order chi connectivity index (χ1) is 15.1. The molecule has 1 saturated carbocycles. The summed E-state index contributed by atoms with van der Waals surface area (Å²) in [6.07, 6.45) is 3.00. The van der Waals surface area contributed by atoms with Crippen LogP contribution in [0, 0.1) is 0 Å². The Kier molecular flexibility index (Phi) is 4.98. The lowest BCUT2D eigenvalue weighted by Gasteiger charge is -2.25. The fraction of sp³-hybridized carbons (Fsp3) is 0.280. The second kappa shape index (κ2) is 7.95. The second-order valence-corrected chi connectivity index (χ2v) is 8.09. The number of pyridine rings is 1. The van der Waals surface area contributed by atoms with E-state index in [9.17, 15) is 14.4 Å². The number of carbonyl (C=O) groups is 3.